The number of carbonyl (C=O) groups excluding carboxylic acids is 1. The summed E-state index contributed by atoms with van der Waals surface area (Å²) in [4.78, 5) is 10.7. The van der Waals surface area contributed by atoms with Crippen LogP contribution in [0, 0.1) is 0 Å². The highest BCUT2D eigenvalue weighted by Gasteiger charge is 2.19. The maximum absolute atomic E-state index is 10.7. The summed E-state index contributed by atoms with van der Waals surface area (Å²) in [6.45, 7) is 5.50. The van der Waals surface area contributed by atoms with Crippen LogP contribution in [0.25, 0.3) is 0 Å². The van der Waals surface area contributed by atoms with E-state index in [-0.39, 0.29) is 5.97 Å². The van der Waals surface area contributed by atoms with Gasteiger partial charge in [-0.3, -0.25) is 4.79 Å². The summed E-state index contributed by atoms with van der Waals surface area (Å²) in [5.41, 5.74) is 0. The van der Waals surface area contributed by atoms with E-state index in [0.29, 0.717) is 19.6 Å². The minimum Gasteiger partial charge on any atom is -0.469 e. The third-order valence-corrected chi connectivity index (χ3v) is 4.96. The first-order chi connectivity index (χ1) is 7.02. The molecule has 0 spiro atoms. The van der Waals surface area contributed by atoms with Gasteiger partial charge < -0.3 is 13.9 Å². The molecule has 0 aliphatic rings. The second kappa shape index (κ2) is 7.84. The molecule has 0 aromatic rings. The van der Waals surface area contributed by atoms with Crippen LogP contribution >= 0.6 is 0 Å². The Balaban J connectivity index is 3.29. The molecule has 0 radical (unpaired) electrons. The summed E-state index contributed by atoms with van der Waals surface area (Å²) in [7, 11) is 1.71. The highest BCUT2D eigenvalue weighted by Crippen LogP contribution is 2.12. The molecule has 0 aliphatic carbocycles. The molecule has 0 heterocycles. The van der Waals surface area contributed by atoms with Crippen LogP contribution in [0.5, 0.6) is 0 Å². The largest absolute Gasteiger partial charge is 0.469 e. The molecule has 0 rings (SSSR count). The molecule has 0 amide bonds. The normalized spacial score (nSPS) is 11.5. The Morgan fingerprint density at radius 2 is 1.87 bits per heavy atom. The molecular weight excluding hydrogens is 212 g/mol. The number of hydrogen-bond acceptors (Lipinski definition) is 4. The molecule has 0 saturated heterocycles. The predicted octanol–water partition coefficient (Wildman–Crippen LogP) is 1.81. The van der Waals surface area contributed by atoms with Crippen LogP contribution in [-0.2, 0) is 18.7 Å². The fourth-order valence-electron chi connectivity index (χ4n) is 1.06. The third kappa shape index (κ3) is 8.59. The van der Waals surface area contributed by atoms with Gasteiger partial charge in [-0.15, -0.1) is 0 Å². The van der Waals surface area contributed by atoms with Crippen LogP contribution in [-0.4, -0.2) is 41.7 Å². The first kappa shape index (κ1) is 14.6. The molecule has 0 aromatic carbocycles. The van der Waals surface area contributed by atoms with Crippen LogP contribution in [0.15, 0.2) is 0 Å². The first-order valence-electron chi connectivity index (χ1n) is 5.21. The minimum absolute atomic E-state index is 0.221. The summed E-state index contributed by atoms with van der Waals surface area (Å²) in [5, 5.41) is 0. The number of ether oxygens (including phenoxy) is 2. The summed E-state index contributed by atoms with van der Waals surface area (Å²) >= 11 is 0. The van der Waals surface area contributed by atoms with E-state index in [2.05, 4.69) is 17.8 Å². The van der Waals surface area contributed by atoms with E-state index in [4.69, 9.17) is 9.16 Å². The van der Waals surface area contributed by atoms with Gasteiger partial charge in [-0.1, -0.05) is 0 Å². The maximum atomic E-state index is 10.7. The average Bonchev–Trinajstić information content (AvgIpc) is 2.22. The minimum atomic E-state index is -1.44. The fourth-order valence-corrected chi connectivity index (χ4v) is 2.26. The zero-order valence-corrected chi connectivity index (χ0v) is 11.2. The lowest BCUT2D eigenvalue weighted by molar-refractivity contribution is -0.141. The van der Waals surface area contributed by atoms with E-state index in [9.17, 15) is 4.79 Å². The van der Waals surface area contributed by atoms with Gasteiger partial charge in [-0.25, -0.2) is 0 Å². The van der Waals surface area contributed by atoms with Gasteiger partial charge in [-0.2, -0.15) is 0 Å². The van der Waals surface area contributed by atoms with Crippen molar-refractivity contribution in [2.75, 3.05) is 27.4 Å². The standard InChI is InChI=1S/C10H22O4Si/c1-12-10(11)6-8-14-7-5-9-15(3,4)13-2/h5-9H2,1-4H3. The fraction of sp³-hybridized carbons (Fsp3) is 0.900. The predicted molar refractivity (Wildman–Crippen MR) is 61.4 cm³/mol. The van der Waals surface area contributed by atoms with Crippen molar-refractivity contribution in [2.45, 2.75) is 32.0 Å². The molecule has 0 atom stereocenters. The van der Waals surface area contributed by atoms with Gasteiger partial charge in [-0.05, 0) is 25.6 Å². The molecule has 90 valence electrons. The van der Waals surface area contributed by atoms with Crippen molar-refractivity contribution < 1.29 is 18.7 Å². The topological polar surface area (TPSA) is 44.8 Å². The SMILES string of the molecule is COC(=O)CCOCCC[Si](C)(C)OC. The van der Waals surface area contributed by atoms with Crippen molar-refractivity contribution in [2.24, 2.45) is 0 Å². The van der Waals surface area contributed by atoms with Gasteiger partial charge >= 0.3 is 5.97 Å². The van der Waals surface area contributed by atoms with Crippen LogP contribution < -0.4 is 0 Å². The van der Waals surface area contributed by atoms with E-state index in [1.165, 1.54) is 7.11 Å². The van der Waals surface area contributed by atoms with Crippen LogP contribution in [0.3, 0.4) is 0 Å². The molecule has 5 heteroatoms. The second-order valence-corrected chi connectivity index (χ2v) is 8.43. The van der Waals surface area contributed by atoms with Crippen molar-refractivity contribution in [3.8, 4) is 0 Å². The summed E-state index contributed by atoms with van der Waals surface area (Å²) in [5.74, 6) is -0.221. The van der Waals surface area contributed by atoms with Crippen molar-refractivity contribution in [1.29, 1.82) is 0 Å². The lowest BCUT2D eigenvalue weighted by atomic mass is 10.4. The van der Waals surface area contributed by atoms with Gasteiger partial charge in [0.05, 0.1) is 20.1 Å². The molecule has 0 saturated carbocycles. The number of esters is 1. The quantitative estimate of drug-likeness (QED) is 0.365. The summed E-state index contributed by atoms with van der Waals surface area (Å²) in [6, 6.07) is 1.09. The smallest absolute Gasteiger partial charge is 0.307 e. The van der Waals surface area contributed by atoms with Crippen LogP contribution in [0.2, 0.25) is 19.1 Å². The summed E-state index contributed by atoms with van der Waals surface area (Å²) in [6.07, 6.45) is 1.33. The Kier molecular flexibility index (Phi) is 7.64. The highest BCUT2D eigenvalue weighted by atomic mass is 28.4. The Bertz CT molecular complexity index is 182. The zero-order valence-electron chi connectivity index (χ0n) is 10.2. The van der Waals surface area contributed by atoms with Gasteiger partial charge in [0.25, 0.3) is 0 Å². The molecule has 0 unspecified atom stereocenters. The van der Waals surface area contributed by atoms with Crippen LogP contribution in [0.4, 0.5) is 0 Å². The molecule has 0 bridgehead atoms. The lowest BCUT2D eigenvalue weighted by Gasteiger charge is -2.19. The molecule has 15 heavy (non-hydrogen) atoms. The molecule has 0 aromatic heterocycles. The third-order valence-electron chi connectivity index (χ3n) is 2.30. The Morgan fingerprint density at radius 1 is 1.20 bits per heavy atom. The van der Waals surface area contributed by atoms with Gasteiger partial charge in [0, 0.05) is 13.7 Å². The lowest BCUT2D eigenvalue weighted by Crippen LogP contribution is -2.28. The Hall–Kier alpha value is -0.393. The van der Waals surface area contributed by atoms with E-state index in [0.717, 1.165) is 12.5 Å². The molecule has 0 aliphatic heterocycles. The van der Waals surface area contributed by atoms with Crippen molar-refractivity contribution in [1.82, 2.24) is 0 Å². The van der Waals surface area contributed by atoms with Gasteiger partial charge in [0.1, 0.15) is 0 Å². The number of methoxy groups -OCH3 is 1. The Morgan fingerprint density at radius 3 is 2.40 bits per heavy atom. The number of carbonyl (C=O) groups is 1. The van der Waals surface area contributed by atoms with Crippen molar-refractivity contribution in [3.05, 3.63) is 0 Å². The Labute approximate surface area is 93.0 Å². The van der Waals surface area contributed by atoms with Crippen molar-refractivity contribution >= 4 is 14.3 Å². The van der Waals surface area contributed by atoms with Gasteiger partial charge in [0.15, 0.2) is 8.32 Å². The van der Waals surface area contributed by atoms with E-state index in [1.54, 1.807) is 7.11 Å². The van der Waals surface area contributed by atoms with E-state index < -0.39 is 8.32 Å². The van der Waals surface area contributed by atoms with Crippen LogP contribution in [0.1, 0.15) is 12.8 Å². The first-order valence-corrected chi connectivity index (χ1v) is 8.33. The maximum Gasteiger partial charge on any atom is 0.307 e. The summed E-state index contributed by atoms with van der Waals surface area (Å²) < 4.78 is 15.2. The van der Waals surface area contributed by atoms with E-state index in [1.807, 2.05) is 0 Å². The molecular formula is C10H22O4Si. The molecule has 4 nitrogen and oxygen atoms in total. The average molecular weight is 234 g/mol. The second-order valence-electron chi connectivity index (χ2n) is 4.01. The van der Waals surface area contributed by atoms with Gasteiger partial charge in [0.2, 0.25) is 0 Å². The molecule has 0 fully saturated rings. The molecule has 0 N–H and O–H groups in total. The number of rotatable bonds is 8. The monoisotopic (exact) mass is 234 g/mol. The number of hydrogen-bond donors (Lipinski definition) is 0. The van der Waals surface area contributed by atoms with Crippen molar-refractivity contribution in [3.63, 3.8) is 0 Å². The zero-order chi connectivity index (χ0) is 11.7. The van der Waals surface area contributed by atoms with E-state index >= 15 is 0 Å². The highest BCUT2D eigenvalue weighted by molar-refractivity contribution is 6.71.